The molecule has 1 aromatic heterocycles. The van der Waals surface area contributed by atoms with Gasteiger partial charge >= 0.3 is 11.9 Å². The zero-order valence-electron chi connectivity index (χ0n) is 15.6. The molecule has 3 rings (SSSR count). The molecule has 0 unspecified atom stereocenters. The molecule has 150 valence electrons. The molecule has 3 aromatic rings. The van der Waals surface area contributed by atoms with Crippen molar-refractivity contribution in [3.05, 3.63) is 57.9 Å². The summed E-state index contributed by atoms with van der Waals surface area (Å²) in [4.78, 5) is 23.9. The largest absolute Gasteiger partial charge is 0.465 e. The van der Waals surface area contributed by atoms with Crippen LogP contribution in [-0.4, -0.2) is 30.8 Å². The van der Waals surface area contributed by atoms with Gasteiger partial charge in [0.25, 0.3) is 0 Å². The Labute approximate surface area is 181 Å². The minimum absolute atomic E-state index is 0.327. The SMILES string of the molecule is CCOC(=O)c1ccc(NC(=S)Nc2ccc3c(Cl)c(C(=O)OC)sc3c2)cc1. The number of ether oxygens (including phenoxy) is 2. The number of benzene rings is 2. The van der Waals surface area contributed by atoms with Crippen molar-refractivity contribution in [3.8, 4) is 0 Å². The number of hydrogen-bond donors (Lipinski definition) is 2. The number of fused-ring (bicyclic) bond motifs is 1. The van der Waals surface area contributed by atoms with E-state index in [-0.39, 0.29) is 5.97 Å². The topological polar surface area (TPSA) is 76.7 Å². The monoisotopic (exact) mass is 448 g/mol. The van der Waals surface area contributed by atoms with Crippen molar-refractivity contribution in [1.29, 1.82) is 0 Å². The molecule has 0 spiro atoms. The molecule has 0 atom stereocenters. The maximum absolute atomic E-state index is 11.8. The summed E-state index contributed by atoms with van der Waals surface area (Å²) in [6.45, 7) is 2.09. The standard InChI is InChI=1S/C20H17ClN2O4S2/c1-3-27-18(24)11-4-6-12(7-5-11)22-20(28)23-13-8-9-14-15(10-13)29-17(16(14)21)19(25)26-2/h4-10H,3H2,1-2H3,(H2,22,23,28). The minimum Gasteiger partial charge on any atom is -0.465 e. The number of halogens is 1. The second kappa shape index (κ2) is 9.21. The Hall–Kier alpha value is -2.68. The molecule has 2 N–H and O–H groups in total. The van der Waals surface area contributed by atoms with Gasteiger partial charge in [-0.1, -0.05) is 11.6 Å². The lowest BCUT2D eigenvalue weighted by Crippen LogP contribution is -2.19. The molecule has 0 saturated heterocycles. The lowest BCUT2D eigenvalue weighted by molar-refractivity contribution is 0.0525. The lowest BCUT2D eigenvalue weighted by atomic mass is 10.2. The maximum atomic E-state index is 11.8. The van der Waals surface area contributed by atoms with E-state index in [1.54, 1.807) is 31.2 Å². The van der Waals surface area contributed by atoms with Gasteiger partial charge in [0.2, 0.25) is 0 Å². The number of hydrogen-bond acceptors (Lipinski definition) is 6. The van der Waals surface area contributed by atoms with Gasteiger partial charge in [0.1, 0.15) is 4.88 Å². The summed E-state index contributed by atoms with van der Waals surface area (Å²) in [7, 11) is 1.32. The number of thiophene rings is 1. The molecule has 0 saturated carbocycles. The Balaban J connectivity index is 1.69. The van der Waals surface area contributed by atoms with Crippen LogP contribution >= 0.6 is 35.2 Å². The number of carbonyl (C=O) groups excluding carboxylic acids is 2. The number of rotatable bonds is 5. The molecule has 29 heavy (non-hydrogen) atoms. The van der Waals surface area contributed by atoms with Gasteiger partial charge in [-0.15, -0.1) is 11.3 Å². The molecule has 0 aliphatic carbocycles. The number of methoxy groups -OCH3 is 1. The first-order valence-corrected chi connectivity index (χ1v) is 10.2. The molecule has 9 heteroatoms. The zero-order chi connectivity index (χ0) is 21.0. The van der Waals surface area contributed by atoms with Crippen LogP contribution in [0.5, 0.6) is 0 Å². The third kappa shape index (κ3) is 4.84. The van der Waals surface area contributed by atoms with Crippen molar-refractivity contribution in [2.24, 2.45) is 0 Å². The van der Waals surface area contributed by atoms with Crippen molar-refractivity contribution < 1.29 is 19.1 Å². The highest BCUT2D eigenvalue weighted by Gasteiger charge is 2.17. The molecule has 0 amide bonds. The number of anilines is 2. The van der Waals surface area contributed by atoms with Crippen molar-refractivity contribution in [2.45, 2.75) is 6.92 Å². The zero-order valence-corrected chi connectivity index (χ0v) is 18.0. The van der Waals surface area contributed by atoms with Gasteiger partial charge in [0, 0.05) is 21.5 Å². The molecule has 1 heterocycles. The van der Waals surface area contributed by atoms with E-state index in [0.29, 0.717) is 27.2 Å². The van der Waals surface area contributed by atoms with Crippen LogP contribution in [0, 0.1) is 0 Å². The van der Waals surface area contributed by atoms with Crippen LogP contribution in [0.15, 0.2) is 42.5 Å². The first-order valence-electron chi connectivity index (χ1n) is 8.58. The van der Waals surface area contributed by atoms with Crippen LogP contribution in [0.3, 0.4) is 0 Å². The van der Waals surface area contributed by atoms with Crippen LogP contribution in [-0.2, 0) is 9.47 Å². The van der Waals surface area contributed by atoms with E-state index in [1.807, 2.05) is 18.2 Å². The highest BCUT2D eigenvalue weighted by atomic mass is 35.5. The van der Waals surface area contributed by atoms with Crippen molar-refractivity contribution in [2.75, 3.05) is 24.4 Å². The van der Waals surface area contributed by atoms with Crippen molar-refractivity contribution in [1.82, 2.24) is 0 Å². The van der Waals surface area contributed by atoms with Crippen molar-refractivity contribution in [3.63, 3.8) is 0 Å². The predicted octanol–water partition coefficient (Wildman–Crippen LogP) is 5.33. The fourth-order valence-electron chi connectivity index (χ4n) is 2.56. The van der Waals surface area contributed by atoms with Crippen LogP contribution in [0.25, 0.3) is 10.1 Å². The summed E-state index contributed by atoms with van der Waals surface area (Å²) < 4.78 is 10.6. The number of nitrogens with one attached hydrogen (secondary N) is 2. The summed E-state index contributed by atoms with van der Waals surface area (Å²) in [5.41, 5.74) is 1.94. The number of esters is 2. The summed E-state index contributed by atoms with van der Waals surface area (Å²) in [6, 6.07) is 12.3. The summed E-state index contributed by atoms with van der Waals surface area (Å²) in [5, 5.41) is 7.67. The number of thiocarbonyl (C=S) groups is 1. The molecular weight excluding hydrogens is 432 g/mol. The van der Waals surface area contributed by atoms with Gasteiger partial charge < -0.3 is 20.1 Å². The first-order chi connectivity index (χ1) is 13.9. The number of carbonyl (C=O) groups is 2. The van der Waals surface area contributed by atoms with Crippen molar-refractivity contribution >= 4 is 73.7 Å². The Kier molecular flexibility index (Phi) is 6.68. The third-order valence-corrected chi connectivity index (χ3v) is 5.75. The smallest absolute Gasteiger partial charge is 0.349 e. The average Bonchev–Trinajstić information content (AvgIpc) is 3.04. The van der Waals surface area contributed by atoms with Gasteiger partial charge in [-0.3, -0.25) is 0 Å². The summed E-state index contributed by atoms with van der Waals surface area (Å²) >= 11 is 12.9. The van der Waals surface area contributed by atoms with Gasteiger partial charge in [-0.2, -0.15) is 0 Å². The molecule has 0 aliphatic rings. The Morgan fingerprint density at radius 3 is 2.38 bits per heavy atom. The highest BCUT2D eigenvalue weighted by molar-refractivity contribution is 7.80. The molecule has 0 bridgehead atoms. The van der Waals surface area contributed by atoms with E-state index in [9.17, 15) is 9.59 Å². The second-order valence-electron chi connectivity index (χ2n) is 5.82. The van der Waals surface area contributed by atoms with Crippen LogP contribution < -0.4 is 10.6 Å². The van der Waals surface area contributed by atoms with Crippen LogP contribution in [0.2, 0.25) is 5.02 Å². The van der Waals surface area contributed by atoms with E-state index in [2.05, 4.69) is 10.6 Å². The van der Waals surface area contributed by atoms with Gasteiger partial charge in [-0.05, 0) is 61.6 Å². The third-order valence-electron chi connectivity index (χ3n) is 3.91. The molecule has 6 nitrogen and oxygen atoms in total. The quantitative estimate of drug-likeness (QED) is 0.403. The minimum atomic E-state index is -0.464. The lowest BCUT2D eigenvalue weighted by Gasteiger charge is -2.11. The van der Waals surface area contributed by atoms with E-state index in [0.717, 1.165) is 21.5 Å². The van der Waals surface area contributed by atoms with E-state index >= 15 is 0 Å². The first kappa shape index (κ1) is 21.0. The van der Waals surface area contributed by atoms with E-state index < -0.39 is 5.97 Å². The molecule has 0 aliphatic heterocycles. The molecule has 0 radical (unpaired) electrons. The van der Waals surface area contributed by atoms with Crippen LogP contribution in [0.1, 0.15) is 27.0 Å². The fraction of sp³-hybridized carbons (Fsp3) is 0.150. The Morgan fingerprint density at radius 2 is 1.72 bits per heavy atom. The summed E-state index contributed by atoms with van der Waals surface area (Å²) in [6.07, 6.45) is 0. The molecule has 2 aromatic carbocycles. The Morgan fingerprint density at radius 1 is 1.07 bits per heavy atom. The molecule has 0 fully saturated rings. The normalized spacial score (nSPS) is 10.4. The Bertz CT molecular complexity index is 1080. The fourth-order valence-corrected chi connectivity index (χ4v) is 4.27. The highest BCUT2D eigenvalue weighted by Crippen LogP contribution is 2.37. The van der Waals surface area contributed by atoms with E-state index in [1.165, 1.54) is 18.4 Å². The average molecular weight is 449 g/mol. The van der Waals surface area contributed by atoms with Gasteiger partial charge in [0.15, 0.2) is 5.11 Å². The van der Waals surface area contributed by atoms with Crippen LogP contribution in [0.4, 0.5) is 11.4 Å². The van der Waals surface area contributed by atoms with Gasteiger partial charge in [-0.25, -0.2) is 9.59 Å². The van der Waals surface area contributed by atoms with E-state index in [4.69, 9.17) is 33.3 Å². The maximum Gasteiger partial charge on any atom is 0.349 e. The predicted molar refractivity (Wildman–Crippen MR) is 120 cm³/mol. The molecular formula is C20H17ClN2O4S2. The van der Waals surface area contributed by atoms with Gasteiger partial charge in [0.05, 0.1) is 24.3 Å². The summed E-state index contributed by atoms with van der Waals surface area (Å²) in [5.74, 6) is -0.830. The second-order valence-corrected chi connectivity index (χ2v) is 7.66.